The highest BCUT2D eigenvalue weighted by Gasteiger charge is 2.17. The maximum atomic E-state index is 4.44. The van der Waals surface area contributed by atoms with E-state index in [1.165, 1.54) is 11.2 Å². The summed E-state index contributed by atoms with van der Waals surface area (Å²) < 4.78 is 0. The average molecular weight is 251 g/mol. The highest BCUT2D eigenvalue weighted by atomic mass is 32.1. The van der Waals surface area contributed by atoms with Crippen molar-refractivity contribution < 1.29 is 0 Å². The van der Waals surface area contributed by atoms with Crippen LogP contribution in [0, 0.1) is 13.8 Å². The molecular weight excluding hydrogens is 234 g/mol. The molecule has 0 amide bonds. The Bertz CT molecular complexity index is 476. The summed E-state index contributed by atoms with van der Waals surface area (Å²) in [5, 5.41) is 11.3. The van der Waals surface area contributed by atoms with E-state index in [2.05, 4.69) is 46.3 Å². The van der Waals surface area contributed by atoms with Crippen molar-refractivity contribution in [1.29, 1.82) is 0 Å². The maximum Gasteiger partial charge on any atom is 0.141 e. The number of aromatic amines is 1. The Labute approximate surface area is 105 Å². The van der Waals surface area contributed by atoms with Crippen molar-refractivity contribution in [1.82, 2.24) is 25.5 Å². The molecule has 2 atom stereocenters. The topological polar surface area (TPSA) is 66.5 Å². The van der Waals surface area contributed by atoms with E-state index >= 15 is 0 Å². The van der Waals surface area contributed by atoms with Crippen molar-refractivity contribution >= 4 is 11.3 Å². The normalized spacial score (nSPS) is 14.8. The molecule has 92 valence electrons. The summed E-state index contributed by atoms with van der Waals surface area (Å²) >= 11 is 1.74. The minimum absolute atomic E-state index is 0.148. The molecular formula is C11H17N5S. The first-order valence-electron chi connectivity index (χ1n) is 5.63. The predicted molar refractivity (Wildman–Crippen MR) is 67.9 cm³/mol. The molecule has 2 aromatic rings. The predicted octanol–water partition coefficient (Wildman–Crippen LogP) is 2.29. The van der Waals surface area contributed by atoms with Crippen LogP contribution in [-0.4, -0.2) is 20.2 Å². The van der Waals surface area contributed by atoms with E-state index in [-0.39, 0.29) is 12.1 Å². The summed E-state index contributed by atoms with van der Waals surface area (Å²) in [4.78, 5) is 9.88. The van der Waals surface area contributed by atoms with Crippen molar-refractivity contribution in [2.24, 2.45) is 0 Å². The molecule has 0 aromatic carbocycles. The molecule has 17 heavy (non-hydrogen) atoms. The summed E-state index contributed by atoms with van der Waals surface area (Å²) in [5.74, 6) is 0.857. The van der Waals surface area contributed by atoms with Crippen molar-refractivity contribution in [3.8, 4) is 0 Å². The van der Waals surface area contributed by atoms with E-state index in [1.54, 1.807) is 11.3 Å². The van der Waals surface area contributed by atoms with Gasteiger partial charge in [0.1, 0.15) is 12.2 Å². The van der Waals surface area contributed by atoms with Crippen LogP contribution in [0.3, 0.4) is 0 Å². The third-order valence-corrected chi connectivity index (χ3v) is 3.93. The molecule has 0 aliphatic rings. The van der Waals surface area contributed by atoms with Crippen LogP contribution < -0.4 is 5.32 Å². The van der Waals surface area contributed by atoms with Crippen LogP contribution in [0.1, 0.15) is 47.3 Å². The number of thiazole rings is 1. The molecule has 0 aliphatic carbocycles. The van der Waals surface area contributed by atoms with Gasteiger partial charge in [-0.2, -0.15) is 5.10 Å². The monoisotopic (exact) mass is 251 g/mol. The molecule has 6 heteroatoms. The minimum atomic E-state index is 0.148. The maximum absolute atomic E-state index is 4.44. The first kappa shape index (κ1) is 12.2. The van der Waals surface area contributed by atoms with Gasteiger partial charge in [0.15, 0.2) is 0 Å². The second kappa shape index (κ2) is 4.93. The third-order valence-electron chi connectivity index (χ3n) is 2.68. The summed E-state index contributed by atoms with van der Waals surface area (Å²) in [6, 6.07) is 0.413. The molecule has 0 spiro atoms. The van der Waals surface area contributed by atoms with Gasteiger partial charge in [-0.1, -0.05) is 0 Å². The SMILES string of the molecule is Cc1nc(C)c(C(C)NC(C)c2ncn[nH]2)s1. The zero-order valence-electron chi connectivity index (χ0n) is 10.5. The van der Waals surface area contributed by atoms with Crippen LogP contribution in [-0.2, 0) is 0 Å². The number of nitrogens with one attached hydrogen (secondary N) is 2. The highest BCUT2D eigenvalue weighted by Crippen LogP contribution is 2.26. The Morgan fingerprint density at radius 3 is 2.59 bits per heavy atom. The Hall–Kier alpha value is -1.27. The smallest absolute Gasteiger partial charge is 0.141 e. The molecule has 0 fully saturated rings. The van der Waals surface area contributed by atoms with Gasteiger partial charge in [-0.3, -0.25) is 5.10 Å². The van der Waals surface area contributed by atoms with Gasteiger partial charge in [0.2, 0.25) is 0 Å². The number of hydrogen-bond donors (Lipinski definition) is 2. The van der Waals surface area contributed by atoms with Gasteiger partial charge in [0, 0.05) is 10.9 Å². The Morgan fingerprint density at radius 1 is 1.29 bits per heavy atom. The van der Waals surface area contributed by atoms with Crippen LogP contribution in [0.2, 0.25) is 0 Å². The van der Waals surface area contributed by atoms with Crippen LogP contribution in [0.15, 0.2) is 6.33 Å². The van der Waals surface area contributed by atoms with Crippen LogP contribution in [0.4, 0.5) is 0 Å². The number of nitrogens with zero attached hydrogens (tertiary/aromatic N) is 3. The summed E-state index contributed by atoms with van der Waals surface area (Å²) in [5.41, 5.74) is 1.11. The molecule has 0 aliphatic heterocycles. The molecule has 0 bridgehead atoms. The first-order chi connectivity index (χ1) is 8.08. The van der Waals surface area contributed by atoms with E-state index in [1.807, 2.05) is 6.92 Å². The fourth-order valence-corrected chi connectivity index (χ4v) is 2.84. The van der Waals surface area contributed by atoms with Gasteiger partial charge in [-0.25, -0.2) is 9.97 Å². The molecule has 2 N–H and O–H groups in total. The molecule has 2 unspecified atom stereocenters. The standard InChI is InChI=1S/C11H17N5S/c1-6(10-7(2)15-9(4)17-10)14-8(3)11-12-5-13-16-11/h5-6,8,14H,1-4H3,(H,12,13,16). The van der Waals surface area contributed by atoms with Gasteiger partial charge in [0.05, 0.1) is 16.7 Å². The first-order valence-corrected chi connectivity index (χ1v) is 6.44. The fraction of sp³-hybridized carbons (Fsp3) is 0.545. The number of H-pyrrole nitrogens is 1. The lowest BCUT2D eigenvalue weighted by atomic mass is 10.2. The lowest BCUT2D eigenvalue weighted by Crippen LogP contribution is -2.23. The number of aryl methyl sites for hydroxylation is 2. The fourth-order valence-electron chi connectivity index (χ4n) is 1.90. The minimum Gasteiger partial charge on any atom is -0.300 e. The van der Waals surface area contributed by atoms with E-state index in [0.29, 0.717) is 0 Å². The third kappa shape index (κ3) is 2.70. The Balaban J connectivity index is 2.06. The molecule has 2 aromatic heterocycles. The number of rotatable bonds is 4. The summed E-state index contributed by atoms with van der Waals surface area (Å²) in [6.45, 7) is 8.30. The van der Waals surface area contributed by atoms with E-state index in [9.17, 15) is 0 Å². The lowest BCUT2D eigenvalue weighted by Gasteiger charge is -2.17. The number of aromatic nitrogens is 4. The van der Waals surface area contributed by atoms with E-state index in [4.69, 9.17) is 0 Å². The van der Waals surface area contributed by atoms with Crippen molar-refractivity contribution in [2.75, 3.05) is 0 Å². The zero-order chi connectivity index (χ0) is 12.4. The van der Waals surface area contributed by atoms with E-state index in [0.717, 1.165) is 16.5 Å². The van der Waals surface area contributed by atoms with Crippen molar-refractivity contribution in [3.05, 3.63) is 27.7 Å². The molecule has 0 radical (unpaired) electrons. The van der Waals surface area contributed by atoms with Crippen molar-refractivity contribution in [2.45, 2.75) is 39.8 Å². The summed E-state index contributed by atoms with van der Waals surface area (Å²) in [7, 11) is 0. The Kier molecular flexibility index (Phi) is 3.54. The largest absolute Gasteiger partial charge is 0.300 e. The molecule has 0 saturated carbocycles. The van der Waals surface area contributed by atoms with Gasteiger partial charge in [-0.15, -0.1) is 11.3 Å². The molecule has 2 rings (SSSR count). The van der Waals surface area contributed by atoms with Crippen molar-refractivity contribution in [3.63, 3.8) is 0 Å². The molecule has 0 saturated heterocycles. The van der Waals surface area contributed by atoms with Crippen LogP contribution >= 0.6 is 11.3 Å². The zero-order valence-corrected chi connectivity index (χ0v) is 11.3. The molecule has 5 nitrogen and oxygen atoms in total. The van der Waals surface area contributed by atoms with Gasteiger partial charge < -0.3 is 5.32 Å². The highest BCUT2D eigenvalue weighted by molar-refractivity contribution is 7.11. The van der Waals surface area contributed by atoms with Crippen LogP contribution in [0.5, 0.6) is 0 Å². The average Bonchev–Trinajstić information content (AvgIpc) is 2.87. The van der Waals surface area contributed by atoms with Gasteiger partial charge in [-0.05, 0) is 27.7 Å². The second-order valence-corrected chi connectivity index (χ2v) is 5.40. The van der Waals surface area contributed by atoms with Gasteiger partial charge >= 0.3 is 0 Å². The van der Waals surface area contributed by atoms with Gasteiger partial charge in [0.25, 0.3) is 0 Å². The summed E-state index contributed by atoms with van der Waals surface area (Å²) in [6.07, 6.45) is 1.53. The van der Waals surface area contributed by atoms with E-state index < -0.39 is 0 Å². The molecule has 2 heterocycles. The number of hydrogen-bond acceptors (Lipinski definition) is 5. The Morgan fingerprint density at radius 2 is 2.06 bits per heavy atom. The van der Waals surface area contributed by atoms with Crippen LogP contribution in [0.25, 0.3) is 0 Å². The second-order valence-electron chi connectivity index (χ2n) is 4.16. The lowest BCUT2D eigenvalue weighted by molar-refractivity contribution is 0.480. The quantitative estimate of drug-likeness (QED) is 0.875.